The van der Waals surface area contributed by atoms with Crippen molar-refractivity contribution in [2.75, 3.05) is 0 Å². The van der Waals surface area contributed by atoms with Gasteiger partial charge in [-0.05, 0) is 12.1 Å². The number of H-pyrrole nitrogens is 1. The quantitative estimate of drug-likeness (QED) is 0.830. The fourth-order valence-corrected chi connectivity index (χ4v) is 1.92. The van der Waals surface area contributed by atoms with Gasteiger partial charge in [-0.2, -0.15) is 13.2 Å². The summed E-state index contributed by atoms with van der Waals surface area (Å²) < 4.78 is 38.2. The molecule has 2 nitrogen and oxygen atoms in total. The van der Waals surface area contributed by atoms with Gasteiger partial charge in [0.15, 0.2) is 0 Å². The normalized spacial score (nSPS) is 14.3. The molecule has 16 heavy (non-hydrogen) atoms. The lowest BCUT2D eigenvalue weighted by molar-refractivity contribution is -0.148. The van der Waals surface area contributed by atoms with E-state index in [9.17, 15) is 13.2 Å². The number of aromatic nitrogens is 1. The summed E-state index contributed by atoms with van der Waals surface area (Å²) in [5.41, 5.74) is 5.86. The molecule has 3 N–H and O–H groups in total. The van der Waals surface area contributed by atoms with Gasteiger partial charge in [0.1, 0.15) is 6.04 Å². The average molecular weight is 293 g/mol. The Morgan fingerprint density at radius 3 is 2.62 bits per heavy atom. The number of nitrogens with one attached hydrogen (secondary N) is 1. The molecule has 86 valence electrons. The standard InChI is InChI=1S/C10H8BrF3N2/c11-5-1-2-6-7(4-16-8(6)3-5)9(15)10(12,13)14/h1-4,9,16H,15H2/t9-/m1/s1. The first-order chi connectivity index (χ1) is 7.39. The minimum Gasteiger partial charge on any atom is -0.361 e. The summed E-state index contributed by atoms with van der Waals surface area (Å²) in [6, 6.07) is 3.05. The summed E-state index contributed by atoms with van der Waals surface area (Å²) in [6.45, 7) is 0. The van der Waals surface area contributed by atoms with Gasteiger partial charge in [0.2, 0.25) is 0 Å². The van der Waals surface area contributed by atoms with Gasteiger partial charge in [0, 0.05) is 27.1 Å². The Balaban J connectivity index is 2.54. The molecule has 0 fully saturated rings. The number of benzene rings is 1. The third-order valence-electron chi connectivity index (χ3n) is 2.36. The van der Waals surface area contributed by atoms with Crippen LogP contribution in [0.25, 0.3) is 10.9 Å². The van der Waals surface area contributed by atoms with Gasteiger partial charge in [-0.1, -0.05) is 22.0 Å². The molecule has 1 aromatic carbocycles. The Bertz CT molecular complexity index is 518. The van der Waals surface area contributed by atoms with Crippen molar-refractivity contribution in [1.82, 2.24) is 4.98 Å². The van der Waals surface area contributed by atoms with E-state index in [1.165, 1.54) is 6.20 Å². The topological polar surface area (TPSA) is 41.8 Å². The monoisotopic (exact) mass is 292 g/mol. The Morgan fingerprint density at radius 1 is 1.31 bits per heavy atom. The number of aromatic amines is 1. The zero-order chi connectivity index (χ0) is 11.9. The Morgan fingerprint density at radius 2 is 2.00 bits per heavy atom. The molecule has 0 saturated carbocycles. The highest BCUT2D eigenvalue weighted by Crippen LogP contribution is 2.34. The maximum atomic E-state index is 12.5. The second kappa shape index (κ2) is 3.78. The molecular formula is C10H8BrF3N2. The van der Waals surface area contributed by atoms with Gasteiger partial charge >= 0.3 is 6.18 Å². The summed E-state index contributed by atoms with van der Waals surface area (Å²) in [6.07, 6.45) is -3.13. The molecular weight excluding hydrogens is 285 g/mol. The lowest BCUT2D eigenvalue weighted by atomic mass is 10.1. The molecule has 0 spiro atoms. The van der Waals surface area contributed by atoms with Gasteiger partial charge < -0.3 is 10.7 Å². The molecule has 1 heterocycles. The van der Waals surface area contributed by atoms with Gasteiger partial charge in [0.05, 0.1) is 0 Å². The van der Waals surface area contributed by atoms with Crippen LogP contribution in [-0.4, -0.2) is 11.2 Å². The minimum absolute atomic E-state index is 0.0648. The van der Waals surface area contributed by atoms with Crippen molar-refractivity contribution in [3.63, 3.8) is 0 Å². The fourth-order valence-electron chi connectivity index (χ4n) is 1.55. The van der Waals surface area contributed by atoms with Gasteiger partial charge in [-0.15, -0.1) is 0 Å². The lowest BCUT2D eigenvalue weighted by Gasteiger charge is -2.14. The van der Waals surface area contributed by atoms with Crippen molar-refractivity contribution in [1.29, 1.82) is 0 Å². The number of alkyl halides is 3. The second-order valence-electron chi connectivity index (χ2n) is 3.45. The van der Waals surface area contributed by atoms with Crippen LogP contribution >= 0.6 is 15.9 Å². The molecule has 6 heteroatoms. The molecule has 0 unspecified atom stereocenters. The van der Waals surface area contributed by atoms with Crippen LogP contribution in [0, 0.1) is 0 Å². The number of hydrogen-bond donors (Lipinski definition) is 2. The molecule has 0 aliphatic carbocycles. The predicted octanol–water partition coefficient (Wildman–Crippen LogP) is 3.49. The SMILES string of the molecule is N[C@H](c1c[nH]c2cc(Br)ccc12)C(F)(F)F. The van der Waals surface area contributed by atoms with Crippen LogP contribution in [0.1, 0.15) is 11.6 Å². The summed E-state index contributed by atoms with van der Waals surface area (Å²) in [4.78, 5) is 2.77. The first-order valence-corrected chi connectivity index (χ1v) is 5.27. The van der Waals surface area contributed by atoms with E-state index < -0.39 is 12.2 Å². The summed E-state index contributed by atoms with van der Waals surface area (Å²) in [7, 11) is 0. The van der Waals surface area contributed by atoms with Gasteiger partial charge in [-0.3, -0.25) is 0 Å². The highest BCUT2D eigenvalue weighted by molar-refractivity contribution is 9.10. The van der Waals surface area contributed by atoms with Crippen LogP contribution in [0.4, 0.5) is 13.2 Å². The van der Waals surface area contributed by atoms with Crippen LogP contribution in [0.2, 0.25) is 0 Å². The maximum Gasteiger partial charge on any atom is 0.407 e. The zero-order valence-corrected chi connectivity index (χ0v) is 9.56. The molecule has 0 saturated heterocycles. The first kappa shape index (κ1) is 11.5. The van der Waals surface area contributed by atoms with E-state index in [1.807, 2.05) is 0 Å². The third-order valence-corrected chi connectivity index (χ3v) is 2.86. The van der Waals surface area contributed by atoms with Crippen LogP contribution in [0.5, 0.6) is 0 Å². The lowest BCUT2D eigenvalue weighted by Crippen LogP contribution is -2.28. The largest absolute Gasteiger partial charge is 0.407 e. The summed E-state index contributed by atoms with van der Waals surface area (Å²) in [5, 5.41) is 0.494. The Kier molecular flexibility index (Phi) is 2.71. The highest BCUT2D eigenvalue weighted by Gasteiger charge is 2.39. The molecule has 1 aromatic heterocycles. The minimum atomic E-state index is -4.43. The van der Waals surface area contributed by atoms with Gasteiger partial charge in [0.25, 0.3) is 0 Å². The number of hydrogen-bond acceptors (Lipinski definition) is 1. The van der Waals surface area contributed by atoms with E-state index in [4.69, 9.17) is 5.73 Å². The van der Waals surface area contributed by atoms with Crippen LogP contribution in [0.15, 0.2) is 28.9 Å². The third kappa shape index (κ3) is 1.94. The maximum absolute atomic E-state index is 12.5. The zero-order valence-electron chi connectivity index (χ0n) is 7.98. The Labute approximate surface area is 97.8 Å². The molecule has 0 radical (unpaired) electrons. The van der Waals surface area contributed by atoms with Crippen molar-refractivity contribution < 1.29 is 13.2 Å². The molecule has 0 aliphatic heterocycles. The first-order valence-electron chi connectivity index (χ1n) is 4.48. The predicted molar refractivity (Wildman–Crippen MR) is 59.0 cm³/mol. The van der Waals surface area contributed by atoms with E-state index in [0.717, 1.165) is 4.47 Å². The number of halogens is 4. The molecule has 0 aliphatic rings. The molecule has 2 rings (SSSR count). The van der Waals surface area contributed by atoms with E-state index >= 15 is 0 Å². The molecule has 0 bridgehead atoms. The molecule has 0 amide bonds. The molecule has 1 atom stereocenters. The Hall–Kier alpha value is -1.01. The van der Waals surface area contributed by atoms with Crippen molar-refractivity contribution in [3.8, 4) is 0 Å². The second-order valence-corrected chi connectivity index (χ2v) is 4.37. The molecule has 2 aromatic rings. The summed E-state index contributed by atoms with van der Waals surface area (Å²) in [5.74, 6) is 0. The van der Waals surface area contributed by atoms with E-state index in [0.29, 0.717) is 10.9 Å². The highest BCUT2D eigenvalue weighted by atomic mass is 79.9. The number of rotatable bonds is 1. The summed E-state index contributed by atoms with van der Waals surface area (Å²) >= 11 is 3.24. The van der Waals surface area contributed by atoms with E-state index in [1.54, 1.807) is 18.2 Å². The van der Waals surface area contributed by atoms with Crippen LogP contribution < -0.4 is 5.73 Å². The van der Waals surface area contributed by atoms with Crippen molar-refractivity contribution in [3.05, 3.63) is 34.4 Å². The number of nitrogens with two attached hydrogens (primary N) is 1. The van der Waals surface area contributed by atoms with Crippen molar-refractivity contribution in [2.24, 2.45) is 5.73 Å². The van der Waals surface area contributed by atoms with E-state index in [-0.39, 0.29) is 5.56 Å². The van der Waals surface area contributed by atoms with E-state index in [2.05, 4.69) is 20.9 Å². The smallest absolute Gasteiger partial charge is 0.361 e. The fraction of sp³-hybridized carbons (Fsp3) is 0.200. The van der Waals surface area contributed by atoms with Crippen molar-refractivity contribution in [2.45, 2.75) is 12.2 Å². The van der Waals surface area contributed by atoms with Crippen molar-refractivity contribution >= 4 is 26.8 Å². The average Bonchev–Trinajstić information content (AvgIpc) is 2.57. The van der Waals surface area contributed by atoms with Gasteiger partial charge in [-0.25, -0.2) is 0 Å². The van der Waals surface area contributed by atoms with Crippen LogP contribution in [0.3, 0.4) is 0 Å². The number of fused-ring (bicyclic) bond motifs is 1. The van der Waals surface area contributed by atoms with Crippen LogP contribution in [-0.2, 0) is 0 Å².